The summed E-state index contributed by atoms with van der Waals surface area (Å²) in [5.41, 5.74) is 0. The highest BCUT2D eigenvalue weighted by Gasteiger charge is 2.20. The van der Waals surface area contributed by atoms with Crippen LogP contribution in [0.15, 0.2) is 12.3 Å². The van der Waals surface area contributed by atoms with Gasteiger partial charge in [0.15, 0.2) is 0 Å². The molecule has 1 heterocycles. The van der Waals surface area contributed by atoms with Crippen molar-refractivity contribution in [3.05, 3.63) is 19.2 Å². The van der Waals surface area contributed by atoms with Crippen LogP contribution in [0.25, 0.3) is 0 Å². The first-order valence-corrected chi connectivity index (χ1v) is 4.73. The molecule has 0 amide bonds. The molecular weight excluding hydrogens is 150 g/mol. The van der Waals surface area contributed by atoms with Crippen LogP contribution in [0.2, 0.25) is 0 Å². The Morgan fingerprint density at radius 3 is 2.70 bits per heavy atom. The minimum atomic E-state index is -2.97. The number of sulfonamides is 1. The number of nitrogens with zero attached hydrogens (tertiary/aromatic N) is 1. The lowest BCUT2D eigenvalue weighted by molar-refractivity contribution is 0.513. The van der Waals surface area contributed by atoms with Gasteiger partial charge in [0.05, 0.1) is 5.75 Å². The van der Waals surface area contributed by atoms with Crippen molar-refractivity contribution in [1.82, 2.24) is 4.31 Å². The van der Waals surface area contributed by atoms with Crippen molar-refractivity contribution < 1.29 is 8.42 Å². The Hall–Kier alpha value is -0.510. The molecule has 57 valence electrons. The Kier molecular flexibility index (Phi) is 1.99. The highest BCUT2D eigenvalue weighted by molar-refractivity contribution is 7.89. The lowest BCUT2D eigenvalue weighted by Gasteiger charge is -2.12. The van der Waals surface area contributed by atoms with Gasteiger partial charge in [0.1, 0.15) is 0 Å². The predicted octanol–water partition coefficient (Wildman–Crippen LogP) is 0.370. The Morgan fingerprint density at radius 2 is 2.30 bits per heavy atom. The Balaban J connectivity index is 2.68. The van der Waals surface area contributed by atoms with E-state index in [1.165, 1.54) is 4.31 Å². The fourth-order valence-electron chi connectivity index (χ4n) is 0.840. The Bertz CT molecular complexity index is 230. The van der Waals surface area contributed by atoms with Crippen molar-refractivity contribution in [2.24, 2.45) is 0 Å². The summed E-state index contributed by atoms with van der Waals surface area (Å²) in [7, 11) is -2.97. The van der Waals surface area contributed by atoms with Crippen molar-refractivity contribution in [3.8, 4) is 0 Å². The average Bonchev–Trinajstić information content (AvgIpc) is 2.13. The molecule has 10 heavy (non-hydrogen) atoms. The number of hydrogen-bond acceptors (Lipinski definition) is 2. The van der Waals surface area contributed by atoms with Gasteiger partial charge in [-0.15, -0.1) is 0 Å². The van der Waals surface area contributed by atoms with Gasteiger partial charge in [-0.3, -0.25) is 4.31 Å². The van der Waals surface area contributed by atoms with Crippen LogP contribution in [-0.4, -0.2) is 25.0 Å². The van der Waals surface area contributed by atoms with Crippen LogP contribution in [0.1, 0.15) is 6.42 Å². The normalized spacial score (nSPS) is 21.9. The van der Waals surface area contributed by atoms with E-state index in [-0.39, 0.29) is 5.75 Å². The average molecular weight is 160 g/mol. The van der Waals surface area contributed by atoms with Crippen molar-refractivity contribution in [2.45, 2.75) is 6.42 Å². The van der Waals surface area contributed by atoms with Gasteiger partial charge >= 0.3 is 0 Å². The molecule has 0 bridgehead atoms. The molecule has 3 nitrogen and oxygen atoms in total. The first-order valence-electron chi connectivity index (χ1n) is 3.12. The molecule has 0 spiro atoms. The third-order valence-electron chi connectivity index (χ3n) is 1.31. The highest BCUT2D eigenvalue weighted by Crippen LogP contribution is 2.10. The largest absolute Gasteiger partial charge is 0.277 e. The molecule has 0 aliphatic carbocycles. The molecule has 0 saturated carbocycles. The summed E-state index contributed by atoms with van der Waals surface area (Å²) < 4.78 is 23.3. The molecule has 1 aliphatic heterocycles. The zero-order chi connectivity index (χ0) is 7.61. The van der Waals surface area contributed by atoms with E-state index < -0.39 is 10.0 Å². The zero-order valence-electron chi connectivity index (χ0n) is 5.66. The van der Waals surface area contributed by atoms with E-state index >= 15 is 0 Å². The van der Waals surface area contributed by atoms with E-state index in [4.69, 9.17) is 0 Å². The van der Waals surface area contributed by atoms with E-state index in [9.17, 15) is 8.42 Å². The van der Waals surface area contributed by atoms with Crippen LogP contribution >= 0.6 is 0 Å². The smallest absolute Gasteiger partial charge is 0.238 e. The summed E-state index contributed by atoms with van der Waals surface area (Å²) in [4.78, 5) is 0. The number of rotatable bonds is 2. The van der Waals surface area contributed by atoms with Crippen molar-refractivity contribution in [1.29, 1.82) is 0 Å². The molecule has 0 saturated heterocycles. The van der Waals surface area contributed by atoms with Gasteiger partial charge in [0.25, 0.3) is 0 Å². The molecule has 0 aromatic heterocycles. The molecule has 1 radical (unpaired) electrons. The fraction of sp³-hybridized carbons (Fsp3) is 0.500. The van der Waals surface area contributed by atoms with E-state index in [2.05, 4.69) is 6.92 Å². The van der Waals surface area contributed by atoms with Gasteiger partial charge in [-0.05, 0) is 6.42 Å². The summed E-state index contributed by atoms with van der Waals surface area (Å²) in [6, 6.07) is 0. The monoisotopic (exact) mass is 160 g/mol. The van der Waals surface area contributed by atoms with Crippen molar-refractivity contribution in [3.63, 3.8) is 0 Å². The molecule has 4 heteroatoms. The third-order valence-corrected chi connectivity index (χ3v) is 2.95. The molecule has 0 aromatic carbocycles. The zero-order valence-corrected chi connectivity index (χ0v) is 6.47. The maximum atomic E-state index is 11.0. The highest BCUT2D eigenvalue weighted by atomic mass is 32.2. The predicted molar refractivity (Wildman–Crippen MR) is 39.6 cm³/mol. The summed E-state index contributed by atoms with van der Waals surface area (Å²) in [5, 5.41) is 0. The minimum Gasteiger partial charge on any atom is -0.277 e. The lowest BCUT2D eigenvalue weighted by Crippen LogP contribution is -2.23. The molecule has 0 atom stereocenters. The molecule has 0 unspecified atom stereocenters. The van der Waals surface area contributed by atoms with Gasteiger partial charge in [0.2, 0.25) is 10.0 Å². The van der Waals surface area contributed by atoms with Crippen LogP contribution in [0.3, 0.4) is 0 Å². The van der Waals surface area contributed by atoms with Crippen LogP contribution in [-0.2, 0) is 10.0 Å². The second-order valence-corrected chi connectivity index (χ2v) is 4.09. The first kappa shape index (κ1) is 7.60. The van der Waals surface area contributed by atoms with Crippen LogP contribution in [0.5, 0.6) is 0 Å². The quantitative estimate of drug-likeness (QED) is 0.585. The Morgan fingerprint density at radius 1 is 1.60 bits per heavy atom. The summed E-state index contributed by atoms with van der Waals surface area (Å²) in [5.74, 6) is 0.146. The summed E-state index contributed by atoms with van der Waals surface area (Å²) in [6.07, 6.45) is 3.86. The second-order valence-electron chi connectivity index (χ2n) is 2.13. The van der Waals surface area contributed by atoms with E-state index in [0.717, 1.165) is 0 Å². The van der Waals surface area contributed by atoms with Crippen molar-refractivity contribution >= 4 is 10.0 Å². The molecule has 0 N–H and O–H groups in total. The summed E-state index contributed by atoms with van der Waals surface area (Å²) >= 11 is 0. The van der Waals surface area contributed by atoms with Gasteiger partial charge in [0, 0.05) is 12.7 Å². The Labute approximate surface area is 61.4 Å². The standard InChI is InChI=1S/C6H10NO2S/c1-2-4-7-5-3-6-10(7,8)9/h3,5H,1-2,4,6H2. The van der Waals surface area contributed by atoms with E-state index in [1.807, 2.05) is 0 Å². The molecular formula is C6H10NO2S. The number of hydrogen-bond donors (Lipinski definition) is 0. The maximum Gasteiger partial charge on any atom is 0.238 e. The van der Waals surface area contributed by atoms with E-state index in [1.54, 1.807) is 12.3 Å². The minimum absolute atomic E-state index is 0.146. The lowest BCUT2D eigenvalue weighted by atomic mass is 10.5. The maximum absolute atomic E-state index is 11.0. The fourth-order valence-corrected chi connectivity index (χ4v) is 2.04. The molecule has 0 aromatic rings. The van der Waals surface area contributed by atoms with Gasteiger partial charge in [-0.1, -0.05) is 13.0 Å². The topological polar surface area (TPSA) is 37.4 Å². The van der Waals surface area contributed by atoms with Crippen LogP contribution in [0.4, 0.5) is 0 Å². The van der Waals surface area contributed by atoms with Gasteiger partial charge < -0.3 is 0 Å². The van der Waals surface area contributed by atoms with Gasteiger partial charge in [-0.25, -0.2) is 8.42 Å². The summed E-state index contributed by atoms with van der Waals surface area (Å²) in [6.45, 7) is 4.07. The van der Waals surface area contributed by atoms with Crippen LogP contribution < -0.4 is 0 Å². The second kappa shape index (κ2) is 2.62. The molecule has 1 aliphatic rings. The van der Waals surface area contributed by atoms with Gasteiger partial charge in [-0.2, -0.15) is 0 Å². The molecule has 1 rings (SSSR count). The first-order chi connectivity index (χ1) is 4.67. The van der Waals surface area contributed by atoms with E-state index in [0.29, 0.717) is 13.0 Å². The SMILES string of the molecule is [CH2]CCN1C=CCS1(=O)=O. The molecule has 0 fully saturated rings. The van der Waals surface area contributed by atoms with Crippen molar-refractivity contribution in [2.75, 3.05) is 12.3 Å². The third kappa shape index (κ3) is 1.31. The van der Waals surface area contributed by atoms with Crippen LogP contribution in [0, 0.1) is 6.92 Å².